The van der Waals surface area contributed by atoms with Crippen molar-refractivity contribution in [2.75, 3.05) is 24.8 Å². The minimum atomic E-state index is -0.325. The number of pyridine rings is 1. The third-order valence-electron chi connectivity index (χ3n) is 7.07. The minimum Gasteiger partial charge on any atom is -0.482 e. The van der Waals surface area contributed by atoms with Crippen LogP contribution in [0.25, 0.3) is 0 Å². The molecule has 0 saturated carbocycles. The third kappa shape index (κ3) is 4.96. The summed E-state index contributed by atoms with van der Waals surface area (Å²) in [6.45, 7) is 1.79. The van der Waals surface area contributed by atoms with Crippen LogP contribution in [-0.2, 0) is 18.0 Å². The molecule has 1 amide bonds. The molecule has 1 aromatic heterocycles. The first-order valence-corrected chi connectivity index (χ1v) is 13.0. The molecule has 3 heterocycles. The van der Waals surface area contributed by atoms with Gasteiger partial charge >= 0.3 is 0 Å². The largest absolute Gasteiger partial charge is 0.482 e. The Kier molecular flexibility index (Phi) is 6.97. The highest BCUT2D eigenvalue weighted by atomic mass is 16.5. The number of nitrogens with zero attached hydrogens (tertiary/aromatic N) is 3. The molecule has 1 atom stereocenters. The van der Waals surface area contributed by atoms with Gasteiger partial charge in [-0.3, -0.25) is 19.3 Å². The zero-order valence-corrected chi connectivity index (χ0v) is 21.5. The van der Waals surface area contributed by atoms with Crippen LogP contribution in [0.4, 0.5) is 0 Å². The van der Waals surface area contributed by atoms with Crippen molar-refractivity contribution in [3.8, 4) is 5.75 Å². The van der Waals surface area contributed by atoms with Crippen LogP contribution < -0.4 is 15.2 Å². The van der Waals surface area contributed by atoms with Gasteiger partial charge in [0.15, 0.2) is 11.4 Å². The lowest BCUT2D eigenvalue weighted by atomic mass is 9.94. The molecule has 0 radical (unpaired) electrons. The number of amides is 1. The van der Waals surface area contributed by atoms with Gasteiger partial charge in [0, 0.05) is 18.8 Å². The molecular formula is C32H29N3O4. The van der Waals surface area contributed by atoms with E-state index in [-0.39, 0.29) is 35.4 Å². The molecule has 0 fully saturated rings. The summed E-state index contributed by atoms with van der Waals surface area (Å²) in [4.78, 5) is 28.8. The van der Waals surface area contributed by atoms with E-state index in [0.29, 0.717) is 26.4 Å². The van der Waals surface area contributed by atoms with Gasteiger partial charge < -0.3 is 14.4 Å². The van der Waals surface area contributed by atoms with E-state index < -0.39 is 0 Å². The van der Waals surface area contributed by atoms with Crippen LogP contribution in [0.2, 0.25) is 0 Å². The number of benzene rings is 3. The molecule has 4 aromatic rings. The molecule has 7 heteroatoms. The van der Waals surface area contributed by atoms with Gasteiger partial charge in [0.2, 0.25) is 5.43 Å². The molecule has 3 aromatic carbocycles. The molecule has 0 spiro atoms. The fourth-order valence-corrected chi connectivity index (χ4v) is 5.18. The van der Waals surface area contributed by atoms with E-state index in [4.69, 9.17) is 9.47 Å². The summed E-state index contributed by atoms with van der Waals surface area (Å²) in [5.41, 5.74) is 4.01. The Hall–Kier alpha value is -4.62. The molecule has 2 aliphatic heterocycles. The average Bonchev–Trinajstić information content (AvgIpc) is 2.97. The van der Waals surface area contributed by atoms with Crippen molar-refractivity contribution in [3.05, 3.63) is 148 Å². The number of carbonyl (C=O) groups is 1. The molecular weight excluding hydrogens is 490 g/mol. The van der Waals surface area contributed by atoms with Gasteiger partial charge in [0.25, 0.3) is 5.91 Å². The molecule has 1 unspecified atom stereocenters. The van der Waals surface area contributed by atoms with E-state index >= 15 is 0 Å². The van der Waals surface area contributed by atoms with Crippen molar-refractivity contribution >= 4 is 5.91 Å². The smallest absolute Gasteiger partial charge is 0.278 e. The molecule has 6 rings (SSSR count). The lowest BCUT2D eigenvalue weighted by Crippen LogP contribution is -2.55. The van der Waals surface area contributed by atoms with Crippen molar-refractivity contribution in [1.82, 2.24) is 9.58 Å². The Bertz CT molecular complexity index is 1550. The summed E-state index contributed by atoms with van der Waals surface area (Å²) in [5.74, 6) is -0.199. The third-order valence-corrected chi connectivity index (χ3v) is 7.07. The van der Waals surface area contributed by atoms with Crippen LogP contribution in [0.3, 0.4) is 0 Å². The van der Waals surface area contributed by atoms with E-state index in [1.165, 1.54) is 6.07 Å². The van der Waals surface area contributed by atoms with Gasteiger partial charge in [-0.1, -0.05) is 97.1 Å². The van der Waals surface area contributed by atoms with Crippen LogP contribution in [0, 0.1) is 0 Å². The van der Waals surface area contributed by atoms with Crippen molar-refractivity contribution in [2.45, 2.75) is 19.3 Å². The van der Waals surface area contributed by atoms with Gasteiger partial charge in [0.05, 0.1) is 19.3 Å². The highest BCUT2D eigenvalue weighted by Gasteiger charge is 2.37. The van der Waals surface area contributed by atoms with Gasteiger partial charge in [-0.25, -0.2) is 0 Å². The Labute approximate surface area is 227 Å². The first kappa shape index (κ1) is 24.7. The quantitative estimate of drug-likeness (QED) is 0.367. The highest BCUT2D eigenvalue weighted by molar-refractivity contribution is 5.96. The number of aromatic nitrogens is 1. The second kappa shape index (κ2) is 11.0. The van der Waals surface area contributed by atoms with Crippen LogP contribution in [-0.4, -0.2) is 35.3 Å². The van der Waals surface area contributed by atoms with Crippen LogP contribution in [0.1, 0.15) is 38.8 Å². The zero-order chi connectivity index (χ0) is 26.6. The van der Waals surface area contributed by atoms with Crippen molar-refractivity contribution in [1.29, 1.82) is 0 Å². The Morgan fingerprint density at radius 3 is 2.41 bits per heavy atom. The van der Waals surface area contributed by atoms with Crippen LogP contribution >= 0.6 is 0 Å². The molecule has 0 saturated heterocycles. The number of hydrogen-bond acceptors (Lipinski definition) is 5. The normalized spacial score (nSPS) is 17.0. The first-order valence-electron chi connectivity index (χ1n) is 13.0. The number of carbonyl (C=O) groups excluding carboxylic acids is 1. The van der Waals surface area contributed by atoms with Gasteiger partial charge in [-0.05, 0) is 22.3 Å². The van der Waals surface area contributed by atoms with Gasteiger partial charge in [-0.15, -0.1) is 0 Å². The summed E-state index contributed by atoms with van der Waals surface area (Å²) >= 11 is 0. The maximum Gasteiger partial charge on any atom is 0.278 e. The number of fused-ring (bicyclic) bond motifs is 5. The highest BCUT2D eigenvalue weighted by Crippen LogP contribution is 2.34. The number of rotatable bonds is 4. The van der Waals surface area contributed by atoms with Crippen molar-refractivity contribution in [2.24, 2.45) is 0 Å². The van der Waals surface area contributed by atoms with E-state index in [9.17, 15) is 9.59 Å². The first-order chi connectivity index (χ1) is 19.2. The maximum atomic E-state index is 13.9. The molecule has 0 N–H and O–H groups in total. The van der Waals surface area contributed by atoms with E-state index in [1.54, 1.807) is 15.8 Å². The van der Waals surface area contributed by atoms with Crippen LogP contribution in [0.5, 0.6) is 5.75 Å². The molecule has 196 valence electrons. The molecule has 0 aliphatic carbocycles. The maximum absolute atomic E-state index is 13.9. The standard InChI is InChI=1S/C32H29N3O4/c36-28-17-19-34-30(31(28)39-21-24-11-3-1-4-12-24)32(37)33-18-9-10-20-38-22-26-15-7-8-16-27(26)29(35(34)23-33)25-13-5-2-6-14-25/h1-17,19,29H,18,20-23H2. The van der Waals surface area contributed by atoms with E-state index in [0.717, 1.165) is 22.3 Å². The topological polar surface area (TPSA) is 64.0 Å². The van der Waals surface area contributed by atoms with Gasteiger partial charge in [-0.2, -0.15) is 0 Å². The monoisotopic (exact) mass is 519 g/mol. The summed E-state index contributed by atoms with van der Waals surface area (Å²) < 4.78 is 13.9. The van der Waals surface area contributed by atoms with Gasteiger partial charge in [0.1, 0.15) is 13.3 Å². The number of hydrogen-bond donors (Lipinski definition) is 0. The molecule has 7 nitrogen and oxygen atoms in total. The molecule has 39 heavy (non-hydrogen) atoms. The van der Waals surface area contributed by atoms with Crippen molar-refractivity contribution in [3.63, 3.8) is 0 Å². The summed E-state index contributed by atoms with van der Waals surface area (Å²) in [5, 5.41) is 2.12. The fourth-order valence-electron chi connectivity index (χ4n) is 5.18. The fraction of sp³-hybridized carbons (Fsp3) is 0.188. The second-order valence-corrected chi connectivity index (χ2v) is 9.58. The predicted molar refractivity (Wildman–Crippen MR) is 149 cm³/mol. The SMILES string of the molecule is O=C1c2c(OCc3ccccc3)c(=O)ccn2N2CN1CC=CCOCc1ccccc1C2c1ccccc1. The Balaban J connectivity index is 1.54. The summed E-state index contributed by atoms with van der Waals surface area (Å²) in [6, 6.07) is 29.3. The summed E-state index contributed by atoms with van der Waals surface area (Å²) in [7, 11) is 0. The molecule has 2 bridgehead atoms. The zero-order valence-electron chi connectivity index (χ0n) is 21.5. The van der Waals surface area contributed by atoms with Crippen LogP contribution in [0.15, 0.2) is 114 Å². The van der Waals surface area contributed by atoms with E-state index in [1.807, 2.05) is 72.8 Å². The van der Waals surface area contributed by atoms with Crippen molar-refractivity contribution < 1.29 is 14.3 Å². The Morgan fingerprint density at radius 2 is 1.59 bits per heavy atom. The van der Waals surface area contributed by atoms with E-state index in [2.05, 4.69) is 29.3 Å². The molecule has 2 aliphatic rings. The minimum absolute atomic E-state index is 0.0561. The lowest BCUT2D eigenvalue weighted by molar-refractivity contribution is 0.0696. The second-order valence-electron chi connectivity index (χ2n) is 9.58. The predicted octanol–water partition coefficient (Wildman–Crippen LogP) is 4.65. The number of ether oxygens (including phenoxy) is 2. The Morgan fingerprint density at radius 1 is 0.846 bits per heavy atom. The lowest BCUT2D eigenvalue weighted by Gasteiger charge is -2.44. The summed E-state index contributed by atoms with van der Waals surface area (Å²) in [6.07, 6.45) is 5.54. The average molecular weight is 520 g/mol.